The minimum absolute atomic E-state index is 0.219. The van der Waals surface area contributed by atoms with Gasteiger partial charge in [0.2, 0.25) is 5.91 Å². The lowest BCUT2D eigenvalue weighted by atomic mass is 9.93. The minimum Gasteiger partial charge on any atom is -0.497 e. The summed E-state index contributed by atoms with van der Waals surface area (Å²) < 4.78 is 5.13. The van der Waals surface area contributed by atoms with E-state index in [1.807, 2.05) is 36.2 Å². The molecule has 0 bridgehead atoms. The average molecular weight is 276 g/mol. The molecule has 1 heterocycles. The van der Waals surface area contributed by atoms with E-state index in [0.717, 1.165) is 30.8 Å². The molecule has 0 aromatic heterocycles. The van der Waals surface area contributed by atoms with Crippen LogP contribution in [-0.4, -0.2) is 44.1 Å². The first kappa shape index (κ1) is 14.9. The SMILES string of the molecule is CNC1CCN(C(=O)Cc2ccc(OC)cc2)CC1C. The van der Waals surface area contributed by atoms with Crippen molar-refractivity contribution in [2.75, 3.05) is 27.2 Å². The number of piperidine rings is 1. The van der Waals surface area contributed by atoms with Crippen LogP contribution in [0.1, 0.15) is 18.9 Å². The summed E-state index contributed by atoms with van der Waals surface area (Å²) in [7, 11) is 3.64. The van der Waals surface area contributed by atoms with Crippen molar-refractivity contribution in [3.63, 3.8) is 0 Å². The molecule has 1 N–H and O–H groups in total. The van der Waals surface area contributed by atoms with Crippen LogP contribution in [0.15, 0.2) is 24.3 Å². The molecule has 1 aromatic rings. The van der Waals surface area contributed by atoms with E-state index in [1.54, 1.807) is 7.11 Å². The number of hydrogen-bond donors (Lipinski definition) is 1. The van der Waals surface area contributed by atoms with Gasteiger partial charge in [0.05, 0.1) is 13.5 Å². The lowest BCUT2D eigenvalue weighted by Gasteiger charge is -2.36. The van der Waals surface area contributed by atoms with Crippen LogP contribution in [0, 0.1) is 5.92 Å². The second-order valence-corrected chi connectivity index (χ2v) is 5.53. The van der Waals surface area contributed by atoms with Crippen LogP contribution in [0.3, 0.4) is 0 Å². The number of nitrogens with zero attached hydrogens (tertiary/aromatic N) is 1. The van der Waals surface area contributed by atoms with E-state index in [2.05, 4.69) is 12.2 Å². The fraction of sp³-hybridized carbons (Fsp3) is 0.562. The summed E-state index contributed by atoms with van der Waals surface area (Å²) >= 11 is 0. The van der Waals surface area contributed by atoms with Gasteiger partial charge in [0.15, 0.2) is 0 Å². The predicted octanol–water partition coefficient (Wildman–Crippen LogP) is 1.69. The molecule has 1 fully saturated rings. The van der Waals surface area contributed by atoms with Gasteiger partial charge in [-0.25, -0.2) is 0 Å². The molecule has 1 amide bonds. The smallest absolute Gasteiger partial charge is 0.227 e. The molecular formula is C16H24N2O2. The summed E-state index contributed by atoms with van der Waals surface area (Å²) in [4.78, 5) is 14.3. The molecule has 20 heavy (non-hydrogen) atoms. The van der Waals surface area contributed by atoms with Crippen LogP contribution in [0.2, 0.25) is 0 Å². The number of carbonyl (C=O) groups excluding carboxylic acids is 1. The van der Waals surface area contributed by atoms with Gasteiger partial charge in [-0.2, -0.15) is 0 Å². The van der Waals surface area contributed by atoms with E-state index in [4.69, 9.17) is 4.74 Å². The van der Waals surface area contributed by atoms with Crippen molar-refractivity contribution in [2.45, 2.75) is 25.8 Å². The molecule has 4 heteroatoms. The molecular weight excluding hydrogens is 252 g/mol. The van der Waals surface area contributed by atoms with Crippen molar-refractivity contribution in [2.24, 2.45) is 5.92 Å². The Morgan fingerprint density at radius 2 is 2.10 bits per heavy atom. The minimum atomic E-state index is 0.219. The Balaban J connectivity index is 1.91. The zero-order valence-electron chi connectivity index (χ0n) is 12.6. The molecule has 0 saturated carbocycles. The Morgan fingerprint density at radius 3 is 2.65 bits per heavy atom. The Hall–Kier alpha value is -1.55. The monoisotopic (exact) mass is 276 g/mol. The highest BCUT2D eigenvalue weighted by Gasteiger charge is 2.27. The van der Waals surface area contributed by atoms with Gasteiger partial charge in [-0.1, -0.05) is 19.1 Å². The molecule has 2 unspecified atom stereocenters. The van der Waals surface area contributed by atoms with Gasteiger partial charge < -0.3 is 15.0 Å². The first-order chi connectivity index (χ1) is 9.63. The first-order valence-electron chi connectivity index (χ1n) is 7.22. The van der Waals surface area contributed by atoms with Crippen molar-refractivity contribution in [3.8, 4) is 5.75 Å². The zero-order chi connectivity index (χ0) is 14.5. The maximum absolute atomic E-state index is 12.3. The van der Waals surface area contributed by atoms with Gasteiger partial charge >= 0.3 is 0 Å². The predicted molar refractivity (Wildman–Crippen MR) is 79.9 cm³/mol. The summed E-state index contributed by atoms with van der Waals surface area (Å²) in [5.41, 5.74) is 1.04. The fourth-order valence-electron chi connectivity index (χ4n) is 2.83. The van der Waals surface area contributed by atoms with Crippen LogP contribution in [0.25, 0.3) is 0 Å². The number of methoxy groups -OCH3 is 1. The normalized spacial score (nSPS) is 22.6. The van der Waals surface area contributed by atoms with E-state index < -0.39 is 0 Å². The summed E-state index contributed by atoms with van der Waals surface area (Å²) in [6.07, 6.45) is 1.51. The molecule has 0 spiro atoms. The maximum atomic E-state index is 12.3. The summed E-state index contributed by atoms with van der Waals surface area (Å²) in [6.45, 7) is 3.90. The van der Waals surface area contributed by atoms with Crippen molar-refractivity contribution in [1.82, 2.24) is 10.2 Å². The van der Waals surface area contributed by atoms with Crippen LogP contribution >= 0.6 is 0 Å². The molecule has 0 aliphatic carbocycles. The third kappa shape index (κ3) is 3.51. The molecule has 1 aliphatic rings. The molecule has 1 aromatic carbocycles. The van der Waals surface area contributed by atoms with Crippen LogP contribution in [0.5, 0.6) is 5.75 Å². The quantitative estimate of drug-likeness (QED) is 0.910. The Kier molecular flexibility index (Phi) is 5.01. The Labute approximate surface area is 121 Å². The van der Waals surface area contributed by atoms with Crippen LogP contribution in [0.4, 0.5) is 0 Å². The van der Waals surface area contributed by atoms with Gasteiger partial charge in [0, 0.05) is 19.1 Å². The third-order valence-electron chi connectivity index (χ3n) is 4.14. The number of carbonyl (C=O) groups is 1. The molecule has 1 saturated heterocycles. The molecule has 110 valence electrons. The lowest BCUT2D eigenvalue weighted by Crippen LogP contribution is -2.49. The van der Waals surface area contributed by atoms with E-state index in [1.165, 1.54) is 0 Å². The molecule has 1 aliphatic heterocycles. The Bertz CT molecular complexity index is 444. The van der Waals surface area contributed by atoms with Gasteiger partial charge in [-0.15, -0.1) is 0 Å². The fourth-order valence-corrected chi connectivity index (χ4v) is 2.83. The van der Waals surface area contributed by atoms with Gasteiger partial charge in [-0.05, 0) is 37.1 Å². The van der Waals surface area contributed by atoms with Crippen molar-refractivity contribution in [3.05, 3.63) is 29.8 Å². The van der Waals surface area contributed by atoms with Crippen molar-refractivity contribution in [1.29, 1.82) is 0 Å². The van der Waals surface area contributed by atoms with Crippen LogP contribution in [-0.2, 0) is 11.2 Å². The number of benzene rings is 1. The van der Waals surface area contributed by atoms with Gasteiger partial charge in [0.1, 0.15) is 5.75 Å². The number of likely N-dealkylation sites (tertiary alicyclic amines) is 1. The molecule has 2 atom stereocenters. The average Bonchev–Trinajstić information content (AvgIpc) is 2.48. The van der Waals surface area contributed by atoms with Gasteiger partial charge in [-0.3, -0.25) is 4.79 Å². The standard InChI is InChI=1S/C16H24N2O2/c1-12-11-18(9-8-15(12)17-2)16(19)10-13-4-6-14(20-3)7-5-13/h4-7,12,15,17H,8-11H2,1-3H3. The first-order valence-corrected chi connectivity index (χ1v) is 7.22. The second kappa shape index (κ2) is 6.75. The number of nitrogens with one attached hydrogen (secondary N) is 1. The molecule has 2 rings (SSSR count). The lowest BCUT2D eigenvalue weighted by molar-refractivity contribution is -0.132. The highest BCUT2D eigenvalue weighted by Crippen LogP contribution is 2.18. The Morgan fingerprint density at radius 1 is 1.40 bits per heavy atom. The van der Waals surface area contributed by atoms with Crippen LogP contribution < -0.4 is 10.1 Å². The highest BCUT2D eigenvalue weighted by atomic mass is 16.5. The highest BCUT2D eigenvalue weighted by molar-refractivity contribution is 5.79. The van der Waals surface area contributed by atoms with Crippen molar-refractivity contribution < 1.29 is 9.53 Å². The van der Waals surface area contributed by atoms with Gasteiger partial charge in [0.25, 0.3) is 0 Å². The molecule has 0 radical (unpaired) electrons. The number of ether oxygens (including phenoxy) is 1. The van der Waals surface area contributed by atoms with E-state index in [-0.39, 0.29) is 5.91 Å². The maximum Gasteiger partial charge on any atom is 0.227 e. The third-order valence-corrected chi connectivity index (χ3v) is 4.14. The summed E-state index contributed by atoms with van der Waals surface area (Å²) in [6, 6.07) is 8.25. The van der Waals surface area contributed by atoms with E-state index >= 15 is 0 Å². The second-order valence-electron chi connectivity index (χ2n) is 5.53. The van der Waals surface area contributed by atoms with Crippen molar-refractivity contribution >= 4 is 5.91 Å². The topological polar surface area (TPSA) is 41.6 Å². The van der Waals surface area contributed by atoms with E-state index in [0.29, 0.717) is 18.4 Å². The zero-order valence-corrected chi connectivity index (χ0v) is 12.6. The molecule has 4 nitrogen and oxygen atoms in total. The summed E-state index contributed by atoms with van der Waals surface area (Å²) in [5, 5.41) is 3.32. The largest absolute Gasteiger partial charge is 0.497 e. The van der Waals surface area contributed by atoms with E-state index in [9.17, 15) is 4.79 Å². The number of hydrogen-bond acceptors (Lipinski definition) is 3. The number of amides is 1. The summed E-state index contributed by atoms with van der Waals surface area (Å²) in [5.74, 6) is 1.55. The number of rotatable bonds is 4.